The highest BCUT2D eigenvalue weighted by Gasteiger charge is 2.19. The molecule has 3 rings (SSSR count). The molecule has 0 bridgehead atoms. The number of nitrogens with zero attached hydrogens (tertiary/aromatic N) is 3. The number of benzene rings is 2. The van der Waals surface area contributed by atoms with Gasteiger partial charge in [0.15, 0.2) is 11.5 Å². The van der Waals surface area contributed by atoms with Crippen LogP contribution < -0.4 is 11.1 Å². The Morgan fingerprint density at radius 2 is 2.00 bits per heavy atom. The SMILES string of the molecule is Nc1c(C(=O)Nc2ccc(Cl)c(Cl)c2)nnn1Cc1ccc(Br)cc1F. The van der Waals surface area contributed by atoms with Gasteiger partial charge in [0, 0.05) is 15.7 Å². The van der Waals surface area contributed by atoms with Crippen molar-refractivity contribution in [3.8, 4) is 0 Å². The third-order valence-electron chi connectivity index (χ3n) is 3.50. The number of anilines is 2. The predicted molar refractivity (Wildman–Crippen MR) is 102 cm³/mol. The summed E-state index contributed by atoms with van der Waals surface area (Å²) in [5.74, 6) is -0.968. The van der Waals surface area contributed by atoms with Crippen molar-refractivity contribution in [2.75, 3.05) is 11.1 Å². The number of nitrogen functional groups attached to an aromatic ring is 1. The molecule has 2 aromatic carbocycles. The third kappa shape index (κ3) is 3.98. The van der Waals surface area contributed by atoms with E-state index in [2.05, 4.69) is 31.6 Å². The first-order valence-electron chi connectivity index (χ1n) is 7.24. The zero-order chi connectivity index (χ0) is 18.8. The number of carbonyl (C=O) groups is 1. The summed E-state index contributed by atoms with van der Waals surface area (Å²) in [7, 11) is 0. The summed E-state index contributed by atoms with van der Waals surface area (Å²) in [5.41, 5.74) is 6.65. The lowest BCUT2D eigenvalue weighted by Crippen LogP contribution is -2.15. The van der Waals surface area contributed by atoms with Crippen molar-refractivity contribution in [3.63, 3.8) is 0 Å². The molecule has 0 unspecified atom stereocenters. The Hall–Kier alpha value is -2.16. The molecule has 3 aromatic rings. The molecule has 6 nitrogen and oxygen atoms in total. The smallest absolute Gasteiger partial charge is 0.280 e. The van der Waals surface area contributed by atoms with Gasteiger partial charge in [0.25, 0.3) is 5.91 Å². The van der Waals surface area contributed by atoms with Crippen molar-refractivity contribution in [2.45, 2.75) is 6.54 Å². The van der Waals surface area contributed by atoms with E-state index in [0.717, 1.165) is 0 Å². The molecule has 0 aliphatic rings. The molecule has 0 saturated heterocycles. The van der Waals surface area contributed by atoms with Crippen LogP contribution in [-0.2, 0) is 6.54 Å². The van der Waals surface area contributed by atoms with E-state index in [4.69, 9.17) is 28.9 Å². The first-order valence-corrected chi connectivity index (χ1v) is 8.79. The van der Waals surface area contributed by atoms with Gasteiger partial charge in [-0.3, -0.25) is 4.79 Å². The fourth-order valence-corrected chi connectivity index (χ4v) is 2.81. The summed E-state index contributed by atoms with van der Waals surface area (Å²) in [6, 6.07) is 9.26. The summed E-state index contributed by atoms with van der Waals surface area (Å²) in [6.45, 7) is 0.0397. The van der Waals surface area contributed by atoms with E-state index >= 15 is 0 Å². The quantitative estimate of drug-likeness (QED) is 0.607. The molecule has 3 N–H and O–H groups in total. The van der Waals surface area contributed by atoms with Crippen LogP contribution in [0, 0.1) is 5.82 Å². The monoisotopic (exact) mass is 457 g/mol. The molecule has 0 saturated carbocycles. The van der Waals surface area contributed by atoms with Crippen LogP contribution in [0.25, 0.3) is 0 Å². The molecule has 0 aliphatic carbocycles. The van der Waals surface area contributed by atoms with E-state index < -0.39 is 11.7 Å². The summed E-state index contributed by atoms with van der Waals surface area (Å²) in [5, 5.41) is 10.9. The van der Waals surface area contributed by atoms with E-state index in [1.165, 1.54) is 16.8 Å². The summed E-state index contributed by atoms with van der Waals surface area (Å²) in [6.07, 6.45) is 0. The third-order valence-corrected chi connectivity index (χ3v) is 4.73. The number of aromatic nitrogens is 3. The number of nitrogens with one attached hydrogen (secondary N) is 1. The largest absolute Gasteiger partial charge is 0.382 e. The van der Waals surface area contributed by atoms with E-state index in [-0.39, 0.29) is 18.1 Å². The molecule has 134 valence electrons. The standard InChI is InChI=1S/C16H11BrCl2FN5O/c17-9-2-1-8(13(20)5-9)7-25-15(21)14(23-24-25)16(26)22-10-3-4-11(18)12(19)6-10/h1-6H,7,21H2,(H,22,26). The molecular weight excluding hydrogens is 448 g/mol. The minimum atomic E-state index is -0.566. The Morgan fingerprint density at radius 1 is 1.23 bits per heavy atom. The molecule has 0 atom stereocenters. The number of halogens is 4. The molecule has 1 amide bonds. The topological polar surface area (TPSA) is 85.8 Å². The Morgan fingerprint density at radius 3 is 2.69 bits per heavy atom. The van der Waals surface area contributed by atoms with Crippen LogP contribution >= 0.6 is 39.1 Å². The zero-order valence-electron chi connectivity index (χ0n) is 13.0. The van der Waals surface area contributed by atoms with Crippen molar-refractivity contribution in [1.29, 1.82) is 0 Å². The van der Waals surface area contributed by atoms with Gasteiger partial charge < -0.3 is 11.1 Å². The lowest BCUT2D eigenvalue weighted by Gasteiger charge is -2.07. The second-order valence-corrected chi connectivity index (χ2v) is 7.03. The number of rotatable bonds is 4. The van der Waals surface area contributed by atoms with Gasteiger partial charge in [0.2, 0.25) is 0 Å². The van der Waals surface area contributed by atoms with Gasteiger partial charge in [-0.2, -0.15) is 0 Å². The maximum absolute atomic E-state index is 14.0. The van der Waals surface area contributed by atoms with Gasteiger partial charge in [-0.05, 0) is 30.3 Å². The van der Waals surface area contributed by atoms with Gasteiger partial charge in [0.1, 0.15) is 5.82 Å². The van der Waals surface area contributed by atoms with Crippen LogP contribution in [0.2, 0.25) is 10.0 Å². The fourth-order valence-electron chi connectivity index (χ4n) is 2.17. The van der Waals surface area contributed by atoms with Gasteiger partial charge in [-0.25, -0.2) is 9.07 Å². The highest BCUT2D eigenvalue weighted by Crippen LogP contribution is 2.25. The van der Waals surface area contributed by atoms with E-state index in [1.807, 2.05) is 0 Å². The van der Waals surface area contributed by atoms with Crippen molar-refractivity contribution < 1.29 is 9.18 Å². The Balaban J connectivity index is 1.79. The van der Waals surface area contributed by atoms with Crippen molar-refractivity contribution >= 4 is 56.5 Å². The molecule has 0 radical (unpaired) electrons. The summed E-state index contributed by atoms with van der Waals surface area (Å²) in [4.78, 5) is 12.3. The number of hydrogen-bond acceptors (Lipinski definition) is 4. The molecule has 26 heavy (non-hydrogen) atoms. The minimum absolute atomic E-state index is 0.0184. The Bertz CT molecular complexity index is 995. The number of nitrogens with two attached hydrogens (primary N) is 1. The van der Waals surface area contributed by atoms with Crippen LogP contribution in [0.1, 0.15) is 16.1 Å². The minimum Gasteiger partial charge on any atom is -0.382 e. The van der Waals surface area contributed by atoms with Crippen LogP contribution in [-0.4, -0.2) is 20.9 Å². The summed E-state index contributed by atoms with van der Waals surface area (Å²) < 4.78 is 15.8. The lowest BCUT2D eigenvalue weighted by atomic mass is 10.2. The van der Waals surface area contributed by atoms with Crippen molar-refractivity contribution in [2.24, 2.45) is 0 Å². The first kappa shape index (κ1) is 18.6. The van der Waals surface area contributed by atoms with Crippen LogP contribution in [0.3, 0.4) is 0 Å². The molecule has 0 aliphatic heterocycles. The lowest BCUT2D eigenvalue weighted by molar-refractivity contribution is 0.102. The van der Waals surface area contributed by atoms with E-state index in [9.17, 15) is 9.18 Å². The molecular formula is C16H11BrCl2FN5O. The van der Waals surface area contributed by atoms with Crippen LogP contribution in [0.5, 0.6) is 0 Å². The van der Waals surface area contributed by atoms with Gasteiger partial charge in [-0.15, -0.1) is 5.10 Å². The van der Waals surface area contributed by atoms with Crippen molar-refractivity contribution in [1.82, 2.24) is 15.0 Å². The predicted octanol–water partition coefficient (Wildman–Crippen LogP) is 4.37. The first-order chi connectivity index (χ1) is 12.3. The Labute approximate surface area is 166 Å². The molecule has 0 fully saturated rings. The average molecular weight is 459 g/mol. The molecule has 1 aromatic heterocycles. The normalized spacial score (nSPS) is 10.8. The second kappa shape index (κ2) is 7.61. The van der Waals surface area contributed by atoms with Gasteiger partial charge in [-0.1, -0.05) is 50.4 Å². The van der Waals surface area contributed by atoms with Crippen molar-refractivity contribution in [3.05, 3.63) is 68.0 Å². The highest BCUT2D eigenvalue weighted by atomic mass is 79.9. The molecule has 1 heterocycles. The number of hydrogen-bond donors (Lipinski definition) is 2. The molecule has 0 spiro atoms. The maximum atomic E-state index is 14.0. The Kier molecular flexibility index (Phi) is 5.45. The molecule has 10 heteroatoms. The van der Waals surface area contributed by atoms with Crippen LogP contribution in [0.15, 0.2) is 40.9 Å². The number of amides is 1. The zero-order valence-corrected chi connectivity index (χ0v) is 16.1. The van der Waals surface area contributed by atoms with Gasteiger partial charge >= 0.3 is 0 Å². The highest BCUT2D eigenvalue weighted by molar-refractivity contribution is 9.10. The van der Waals surface area contributed by atoms with E-state index in [0.29, 0.717) is 25.8 Å². The fraction of sp³-hybridized carbons (Fsp3) is 0.0625. The van der Waals surface area contributed by atoms with Gasteiger partial charge in [0.05, 0.1) is 16.6 Å². The second-order valence-electron chi connectivity index (χ2n) is 5.30. The summed E-state index contributed by atoms with van der Waals surface area (Å²) >= 11 is 14.9. The number of carbonyl (C=O) groups excluding carboxylic acids is 1. The van der Waals surface area contributed by atoms with Crippen LogP contribution in [0.4, 0.5) is 15.9 Å². The van der Waals surface area contributed by atoms with E-state index in [1.54, 1.807) is 24.3 Å². The average Bonchev–Trinajstić information content (AvgIpc) is 2.94. The maximum Gasteiger partial charge on any atom is 0.280 e.